The van der Waals surface area contributed by atoms with E-state index in [2.05, 4.69) is 10.1 Å². The van der Waals surface area contributed by atoms with Crippen LogP contribution in [0, 0.1) is 5.82 Å². The summed E-state index contributed by atoms with van der Waals surface area (Å²) in [5, 5.41) is 4.55. The lowest BCUT2D eigenvalue weighted by atomic mass is 9.98. The normalized spacial score (nSPS) is 11.1. The van der Waals surface area contributed by atoms with E-state index in [9.17, 15) is 4.39 Å². The van der Waals surface area contributed by atoms with Gasteiger partial charge in [-0.25, -0.2) is 4.39 Å². The van der Waals surface area contributed by atoms with Crippen LogP contribution in [-0.2, 0) is 0 Å². The van der Waals surface area contributed by atoms with E-state index in [1.54, 1.807) is 18.3 Å². The number of benzene rings is 2. The highest BCUT2D eigenvalue weighted by Gasteiger charge is 2.13. The Morgan fingerprint density at radius 2 is 1.88 bits per heavy atom. The second-order valence-corrected chi connectivity index (χ2v) is 5.71. The molecule has 4 rings (SSSR count). The van der Waals surface area contributed by atoms with Crippen molar-refractivity contribution in [3.63, 3.8) is 0 Å². The van der Waals surface area contributed by atoms with Gasteiger partial charge in [0.25, 0.3) is 0 Å². The number of rotatable bonds is 2. The van der Waals surface area contributed by atoms with Crippen LogP contribution >= 0.6 is 11.6 Å². The van der Waals surface area contributed by atoms with Crippen LogP contribution in [0.4, 0.5) is 10.2 Å². The van der Waals surface area contributed by atoms with Crippen molar-refractivity contribution in [2.24, 2.45) is 0 Å². The Labute approximate surface area is 141 Å². The SMILES string of the molecule is Nc1noc2ccc(-c3cccnc3-c3ccc(F)c(Cl)c3)cc12. The smallest absolute Gasteiger partial charge is 0.174 e. The molecule has 2 aromatic heterocycles. The molecule has 2 heterocycles. The second-order valence-electron chi connectivity index (χ2n) is 5.31. The highest BCUT2D eigenvalue weighted by Crippen LogP contribution is 2.34. The Hall–Kier alpha value is -2.92. The predicted molar refractivity (Wildman–Crippen MR) is 92.1 cm³/mol. The van der Waals surface area contributed by atoms with Crippen molar-refractivity contribution in [3.05, 3.63) is 65.6 Å². The molecule has 0 radical (unpaired) electrons. The zero-order valence-electron chi connectivity index (χ0n) is 12.3. The van der Waals surface area contributed by atoms with Gasteiger partial charge < -0.3 is 10.3 Å². The lowest BCUT2D eigenvalue weighted by Gasteiger charge is -2.09. The van der Waals surface area contributed by atoms with E-state index in [1.165, 1.54) is 6.07 Å². The standard InChI is InChI=1S/C18H11ClFN3O/c19-14-9-11(3-5-15(14)20)17-12(2-1-7-22-17)10-4-6-16-13(8-10)18(21)23-24-16/h1-9H,(H2,21,23). The van der Waals surface area contributed by atoms with Crippen LogP contribution in [0.3, 0.4) is 0 Å². The molecule has 0 saturated heterocycles. The van der Waals surface area contributed by atoms with Crippen LogP contribution in [0.2, 0.25) is 5.02 Å². The summed E-state index contributed by atoms with van der Waals surface area (Å²) in [6.45, 7) is 0. The van der Waals surface area contributed by atoms with Crippen molar-refractivity contribution in [1.82, 2.24) is 10.1 Å². The Morgan fingerprint density at radius 3 is 2.71 bits per heavy atom. The number of pyridine rings is 1. The molecule has 4 aromatic rings. The molecule has 0 amide bonds. The average Bonchev–Trinajstić information content (AvgIpc) is 2.98. The first-order valence-electron chi connectivity index (χ1n) is 7.19. The van der Waals surface area contributed by atoms with Crippen molar-refractivity contribution >= 4 is 28.4 Å². The van der Waals surface area contributed by atoms with Gasteiger partial charge in [0.1, 0.15) is 5.82 Å². The van der Waals surface area contributed by atoms with E-state index in [0.29, 0.717) is 17.1 Å². The predicted octanol–water partition coefficient (Wildman–Crippen LogP) is 4.93. The molecule has 24 heavy (non-hydrogen) atoms. The highest BCUT2D eigenvalue weighted by atomic mass is 35.5. The zero-order chi connectivity index (χ0) is 16.7. The summed E-state index contributed by atoms with van der Waals surface area (Å²) in [6, 6.07) is 13.9. The molecule has 0 fully saturated rings. The van der Waals surface area contributed by atoms with E-state index in [-0.39, 0.29) is 5.02 Å². The van der Waals surface area contributed by atoms with E-state index in [0.717, 1.165) is 22.1 Å². The van der Waals surface area contributed by atoms with Gasteiger partial charge in [0.15, 0.2) is 11.4 Å². The van der Waals surface area contributed by atoms with Gasteiger partial charge in [0.05, 0.1) is 16.1 Å². The lowest BCUT2D eigenvalue weighted by Crippen LogP contribution is -1.90. The van der Waals surface area contributed by atoms with Gasteiger partial charge in [-0.15, -0.1) is 0 Å². The minimum atomic E-state index is -0.462. The summed E-state index contributed by atoms with van der Waals surface area (Å²) in [7, 11) is 0. The van der Waals surface area contributed by atoms with Crippen molar-refractivity contribution in [1.29, 1.82) is 0 Å². The van der Waals surface area contributed by atoms with E-state index in [4.69, 9.17) is 21.9 Å². The zero-order valence-corrected chi connectivity index (χ0v) is 13.1. The maximum Gasteiger partial charge on any atom is 0.174 e. The number of fused-ring (bicyclic) bond motifs is 1. The highest BCUT2D eigenvalue weighted by molar-refractivity contribution is 6.31. The van der Waals surface area contributed by atoms with Crippen LogP contribution < -0.4 is 5.73 Å². The quantitative estimate of drug-likeness (QED) is 0.562. The van der Waals surface area contributed by atoms with Gasteiger partial charge in [0, 0.05) is 17.3 Å². The molecule has 0 aliphatic carbocycles. The molecule has 0 bridgehead atoms. The van der Waals surface area contributed by atoms with Gasteiger partial charge in [0.2, 0.25) is 0 Å². The molecular formula is C18H11ClFN3O. The van der Waals surface area contributed by atoms with Crippen LogP contribution in [0.1, 0.15) is 0 Å². The summed E-state index contributed by atoms with van der Waals surface area (Å²) in [4.78, 5) is 4.43. The monoisotopic (exact) mass is 339 g/mol. The molecule has 2 aromatic carbocycles. The van der Waals surface area contributed by atoms with Crippen LogP contribution in [0.25, 0.3) is 33.4 Å². The van der Waals surface area contributed by atoms with Crippen LogP contribution in [0.15, 0.2) is 59.3 Å². The number of hydrogen-bond donors (Lipinski definition) is 1. The van der Waals surface area contributed by atoms with Gasteiger partial charge in [-0.3, -0.25) is 4.98 Å². The summed E-state index contributed by atoms with van der Waals surface area (Å²) >= 11 is 5.91. The van der Waals surface area contributed by atoms with Gasteiger partial charge in [-0.1, -0.05) is 28.9 Å². The number of anilines is 1. The Kier molecular flexibility index (Phi) is 3.43. The average molecular weight is 340 g/mol. The minimum Gasteiger partial charge on any atom is -0.380 e. The van der Waals surface area contributed by atoms with Crippen molar-refractivity contribution in [2.75, 3.05) is 5.73 Å². The number of nitrogens with zero attached hydrogens (tertiary/aromatic N) is 2. The first-order valence-corrected chi connectivity index (χ1v) is 7.57. The Bertz CT molecular complexity index is 1060. The topological polar surface area (TPSA) is 64.9 Å². The third-order valence-corrected chi connectivity index (χ3v) is 4.10. The number of nitrogens with two attached hydrogens (primary N) is 1. The van der Waals surface area contributed by atoms with E-state index in [1.807, 2.05) is 30.3 Å². The fourth-order valence-electron chi connectivity index (χ4n) is 2.64. The van der Waals surface area contributed by atoms with Gasteiger partial charge in [-0.05, 0) is 42.0 Å². The minimum absolute atomic E-state index is 0.0582. The summed E-state index contributed by atoms with van der Waals surface area (Å²) in [6.07, 6.45) is 1.68. The molecule has 0 atom stereocenters. The third-order valence-electron chi connectivity index (χ3n) is 3.81. The number of hydrogen-bond acceptors (Lipinski definition) is 4. The van der Waals surface area contributed by atoms with Crippen molar-refractivity contribution in [2.45, 2.75) is 0 Å². The number of nitrogen functional groups attached to an aromatic ring is 1. The lowest BCUT2D eigenvalue weighted by molar-refractivity contribution is 0.460. The summed E-state index contributed by atoms with van der Waals surface area (Å²) in [5.41, 5.74) is 9.66. The Morgan fingerprint density at radius 1 is 1.04 bits per heavy atom. The Balaban J connectivity index is 1.91. The molecule has 118 valence electrons. The first kappa shape index (κ1) is 14.7. The van der Waals surface area contributed by atoms with Crippen molar-refractivity contribution in [3.8, 4) is 22.4 Å². The maximum absolute atomic E-state index is 13.4. The molecule has 0 unspecified atom stereocenters. The number of aromatic nitrogens is 2. The van der Waals surface area contributed by atoms with Crippen molar-refractivity contribution < 1.29 is 8.91 Å². The summed E-state index contributed by atoms with van der Waals surface area (Å²) in [5.74, 6) is -0.126. The second kappa shape index (κ2) is 5.62. The van der Waals surface area contributed by atoms with E-state index < -0.39 is 5.82 Å². The fourth-order valence-corrected chi connectivity index (χ4v) is 2.82. The summed E-state index contributed by atoms with van der Waals surface area (Å²) < 4.78 is 18.6. The van der Waals surface area contributed by atoms with Crippen LogP contribution in [-0.4, -0.2) is 10.1 Å². The maximum atomic E-state index is 13.4. The molecule has 4 nitrogen and oxygen atoms in total. The van der Waals surface area contributed by atoms with Gasteiger partial charge in [-0.2, -0.15) is 0 Å². The molecule has 2 N–H and O–H groups in total. The fraction of sp³-hybridized carbons (Fsp3) is 0. The molecule has 0 aliphatic heterocycles. The molecular weight excluding hydrogens is 329 g/mol. The molecule has 0 aliphatic rings. The third kappa shape index (κ3) is 2.39. The molecule has 0 saturated carbocycles. The largest absolute Gasteiger partial charge is 0.380 e. The first-order chi connectivity index (χ1) is 11.6. The van der Waals surface area contributed by atoms with Gasteiger partial charge >= 0.3 is 0 Å². The number of halogens is 2. The van der Waals surface area contributed by atoms with E-state index >= 15 is 0 Å². The van der Waals surface area contributed by atoms with Crippen LogP contribution in [0.5, 0.6) is 0 Å². The molecule has 6 heteroatoms. The molecule has 0 spiro atoms.